The average molecular weight is 279 g/mol. The van der Waals surface area contributed by atoms with E-state index in [1.54, 1.807) is 0 Å². The zero-order valence-corrected chi connectivity index (χ0v) is 13.0. The maximum absolute atomic E-state index is 11.8. The number of anilines is 1. The molecule has 20 heavy (non-hydrogen) atoms. The summed E-state index contributed by atoms with van der Waals surface area (Å²) in [5.74, 6) is 1.56. The fourth-order valence-electron chi connectivity index (χ4n) is 1.88. The predicted molar refractivity (Wildman–Crippen MR) is 80.5 cm³/mol. The van der Waals surface area contributed by atoms with E-state index in [0.29, 0.717) is 13.1 Å². The van der Waals surface area contributed by atoms with Gasteiger partial charge in [0.1, 0.15) is 11.6 Å². The second-order valence-corrected chi connectivity index (χ2v) is 5.09. The summed E-state index contributed by atoms with van der Waals surface area (Å²) in [6.07, 6.45) is 0. The van der Waals surface area contributed by atoms with E-state index in [9.17, 15) is 4.79 Å². The minimum Gasteiger partial charge on any atom is -0.373 e. The molecule has 6 heteroatoms. The highest BCUT2D eigenvalue weighted by Crippen LogP contribution is 2.07. The number of hydrogen-bond acceptors (Lipinski definition) is 5. The second-order valence-electron chi connectivity index (χ2n) is 5.09. The molecule has 1 heterocycles. The van der Waals surface area contributed by atoms with Gasteiger partial charge in [-0.1, -0.05) is 6.92 Å². The summed E-state index contributed by atoms with van der Waals surface area (Å²) in [6.45, 7) is 9.58. The van der Waals surface area contributed by atoms with Gasteiger partial charge in [0.15, 0.2) is 0 Å². The Labute approximate surface area is 121 Å². The van der Waals surface area contributed by atoms with Crippen LogP contribution in [-0.2, 0) is 11.3 Å². The number of hydrogen-bond donors (Lipinski definition) is 2. The first-order valence-corrected chi connectivity index (χ1v) is 6.98. The molecule has 0 aliphatic rings. The van der Waals surface area contributed by atoms with Crippen LogP contribution >= 0.6 is 0 Å². The highest BCUT2D eigenvalue weighted by Gasteiger charge is 2.12. The lowest BCUT2D eigenvalue weighted by Gasteiger charge is -2.20. The quantitative estimate of drug-likeness (QED) is 0.784. The van der Waals surface area contributed by atoms with Crippen LogP contribution in [0.25, 0.3) is 0 Å². The molecule has 0 aliphatic carbocycles. The van der Waals surface area contributed by atoms with Crippen LogP contribution in [0.3, 0.4) is 0 Å². The molecule has 1 aromatic heterocycles. The van der Waals surface area contributed by atoms with E-state index in [1.165, 1.54) is 0 Å². The molecule has 0 aromatic carbocycles. The number of carbonyl (C=O) groups excluding carboxylic acids is 1. The summed E-state index contributed by atoms with van der Waals surface area (Å²) in [5.41, 5.74) is 0.919. The van der Waals surface area contributed by atoms with Crippen molar-refractivity contribution in [1.82, 2.24) is 20.2 Å². The Morgan fingerprint density at radius 2 is 2.10 bits per heavy atom. The van der Waals surface area contributed by atoms with E-state index in [-0.39, 0.29) is 11.9 Å². The first kappa shape index (κ1) is 16.4. The third-order valence-corrected chi connectivity index (χ3v) is 2.79. The van der Waals surface area contributed by atoms with Gasteiger partial charge in [0.25, 0.3) is 0 Å². The Hall–Kier alpha value is -1.69. The minimum absolute atomic E-state index is 0.0309. The predicted octanol–water partition coefficient (Wildman–Crippen LogP) is 1.17. The Bertz CT molecular complexity index is 447. The monoisotopic (exact) mass is 279 g/mol. The third-order valence-electron chi connectivity index (χ3n) is 2.79. The van der Waals surface area contributed by atoms with Crippen LogP contribution in [0.1, 0.15) is 32.3 Å². The molecule has 112 valence electrons. The summed E-state index contributed by atoms with van der Waals surface area (Å²) in [4.78, 5) is 22.6. The Kier molecular flexibility index (Phi) is 6.38. The summed E-state index contributed by atoms with van der Waals surface area (Å²) < 4.78 is 0. The molecule has 0 fully saturated rings. The van der Waals surface area contributed by atoms with Crippen molar-refractivity contribution >= 4 is 11.7 Å². The van der Waals surface area contributed by atoms with Gasteiger partial charge < -0.3 is 10.6 Å². The van der Waals surface area contributed by atoms with Crippen LogP contribution in [0.2, 0.25) is 0 Å². The Balaban J connectivity index is 2.68. The smallest absolute Gasteiger partial charge is 0.234 e. The van der Waals surface area contributed by atoms with Crippen LogP contribution < -0.4 is 10.6 Å². The molecule has 0 atom stereocenters. The lowest BCUT2D eigenvalue weighted by atomic mass is 10.3. The Morgan fingerprint density at radius 3 is 2.65 bits per heavy atom. The van der Waals surface area contributed by atoms with Crippen LogP contribution in [0.15, 0.2) is 6.07 Å². The molecule has 0 spiro atoms. The maximum Gasteiger partial charge on any atom is 0.234 e. The lowest BCUT2D eigenvalue weighted by molar-refractivity contribution is -0.122. The maximum atomic E-state index is 11.8. The van der Waals surface area contributed by atoms with E-state index in [0.717, 1.165) is 23.9 Å². The Morgan fingerprint density at radius 1 is 1.40 bits per heavy atom. The highest BCUT2D eigenvalue weighted by molar-refractivity contribution is 5.78. The number of aryl methyl sites for hydroxylation is 1. The molecule has 0 aliphatic heterocycles. The molecule has 0 bridgehead atoms. The topological polar surface area (TPSA) is 70.2 Å². The van der Waals surface area contributed by atoms with E-state index < -0.39 is 0 Å². The number of carbonyl (C=O) groups is 1. The first-order chi connectivity index (χ1) is 9.44. The number of nitrogens with zero attached hydrogens (tertiary/aromatic N) is 3. The van der Waals surface area contributed by atoms with Crippen molar-refractivity contribution in [3.63, 3.8) is 0 Å². The van der Waals surface area contributed by atoms with Crippen LogP contribution in [-0.4, -0.2) is 47.0 Å². The van der Waals surface area contributed by atoms with Gasteiger partial charge in [0.05, 0.1) is 13.1 Å². The zero-order valence-electron chi connectivity index (χ0n) is 13.0. The fraction of sp³-hybridized carbons (Fsp3) is 0.643. The van der Waals surface area contributed by atoms with Crippen molar-refractivity contribution in [3.8, 4) is 0 Å². The van der Waals surface area contributed by atoms with Crippen molar-refractivity contribution in [2.45, 2.75) is 40.3 Å². The standard InChI is InChI=1S/C14H25N5O/c1-6-19(9-14(20)16-10(2)3)8-13-17-11(4)7-12(15-5)18-13/h7,10H,6,8-9H2,1-5H3,(H,16,20)(H,15,17,18). The van der Waals surface area contributed by atoms with Crippen LogP contribution in [0, 0.1) is 6.92 Å². The summed E-state index contributed by atoms with van der Waals surface area (Å²) in [7, 11) is 1.83. The molecule has 2 N–H and O–H groups in total. The fourth-order valence-corrected chi connectivity index (χ4v) is 1.88. The first-order valence-electron chi connectivity index (χ1n) is 6.98. The molecule has 0 saturated heterocycles. The molecule has 1 amide bonds. The molecular weight excluding hydrogens is 254 g/mol. The third kappa shape index (κ3) is 5.52. The van der Waals surface area contributed by atoms with Crippen LogP contribution in [0.4, 0.5) is 5.82 Å². The largest absolute Gasteiger partial charge is 0.373 e. The number of nitrogens with one attached hydrogen (secondary N) is 2. The van der Waals surface area contributed by atoms with Crippen molar-refractivity contribution < 1.29 is 4.79 Å². The number of likely N-dealkylation sites (N-methyl/N-ethyl adjacent to an activating group) is 1. The van der Waals surface area contributed by atoms with Gasteiger partial charge in [-0.25, -0.2) is 9.97 Å². The van der Waals surface area contributed by atoms with Crippen molar-refractivity contribution in [2.75, 3.05) is 25.5 Å². The van der Waals surface area contributed by atoms with Gasteiger partial charge in [-0.15, -0.1) is 0 Å². The van der Waals surface area contributed by atoms with Gasteiger partial charge in [0, 0.05) is 24.8 Å². The molecule has 0 unspecified atom stereocenters. The number of rotatable bonds is 7. The molecule has 1 aromatic rings. The van der Waals surface area contributed by atoms with Crippen molar-refractivity contribution in [1.29, 1.82) is 0 Å². The van der Waals surface area contributed by atoms with Gasteiger partial charge in [-0.2, -0.15) is 0 Å². The van der Waals surface area contributed by atoms with Crippen molar-refractivity contribution in [2.24, 2.45) is 0 Å². The molecule has 0 radical (unpaired) electrons. The van der Waals surface area contributed by atoms with Gasteiger partial charge in [0.2, 0.25) is 5.91 Å². The summed E-state index contributed by atoms with van der Waals surface area (Å²) in [5, 5.41) is 5.91. The molecule has 0 saturated carbocycles. The summed E-state index contributed by atoms with van der Waals surface area (Å²) >= 11 is 0. The van der Waals surface area contributed by atoms with Crippen molar-refractivity contribution in [3.05, 3.63) is 17.6 Å². The van der Waals surface area contributed by atoms with E-state index in [4.69, 9.17) is 0 Å². The van der Waals surface area contributed by atoms with E-state index >= 15 is 0 Å². The van der Waals surface area contributed by atoms with Gasteiger partial charge >= 0.3 is 0 Å². The lowest BCUT2D eigenvalue weighted by Crippen LogP contribution is -2.40. The average Bonchev–Trinajstić information content (AvgIpc) is 2.36. The van der Waals surface area contributed by atoms with Crippen LogP contribution in [0.5, 0.6) is 0 Å². The normalized spacial score (nSPS) is 10.9. The molecule has 1 rings (SSSR count). The van der Waals surface area contributed by atoms with Gasteiger partial charge in [-0.05, 0) is 27.3 Å². The minimum atomic E-state index is 0.0309. The molecular formula is C14H25N5O. The SMILES string of the molecule is CCN(CC(=O)NC(C)C)Cc1nc(C)cc(NC)n1. The zero-order chi connectivity index (χ0) is 15.1. The van der Waals surface area contributed by atoms with E-state index in [1.807, 2.05) is 45.7 Å². The van der Waals surface area contributed by atoms with E-state index in [2.05, 4.69) is 20.6 Å². The second kappa shape index (κ2) is 7.79. The number of aromatic nitrogens is 2. The highest BCUT2D eigenvalue weighted by atomic mass is 16.2. The van der Waals surface area contributed by atoms with Gasteiger partial charge in [-0.3, -0.25) is 9.69 Å². The number of amides is 1. The molecule has 6 nitrogen and oxygen atoms in total. The summed E-state index contributed by atoms with van der Waals surface area (Å²) in [6, 6.07) is 2.05.